The molecular formula is C16H19N5O2. The molecule has 0 aliphatic carbocycles. The zero-order valence-electron chi connectivity index (χ0n) is 13.1. The molecule has 1 aliphatic rings. The number of aromatic nitrogens is 2. The maximum absolute atomic E-state index is 11.4. The minimum absolute atomic E-state index is 0.188. The second-order valence-electron chi connectivity index (χ2n) is 5.54. The van der Waals surface area contributed by atoms with Crippen molar-refractivity contribution in [2.75, 3.05) is 16.1 Å². The lowest BCUT2D eigenvalue weighted by atomic mass is 10.1. The molecule has 0 amide bonds. The summed E-state index contributed by atoms with van der Waals surface area (Å²) in [6.45, 7) is 3.37. The summed E-state index contributed by atoms with van der Waals surface area (Å²) < 4.78 is 0. The van der Waals surface area contributed by atoms with Crippen molar-refractivity contribution in [2.24, 2.45) is 0 Å². The molecule has 0 aromatic carbocycles. The maximum Gasteiger partial charge on any atom is 0.329 e. The third-order valence-electron chi connectivity index (χ3n) is 3.55. The van der Waals surface area contributed by atoms with E-state index < -0.39 is 0 Å². The third-order valence-corrected chi connectivity index (χ3v) is 3.55. The molecule has 0 spiro atoms. The molecule has 3 heterocycles. The zero-order valence-corrected chi connectivity index (χ0v) is 13.1. The number of carbonyl (C=O) groups is 1. The minimum Gasteiger partial charge on any atom is -0.384 e. The number of nitrogens with one attached hydrogen (secondary N) is 1. The van der Waals surface area contributed by atoms with E-state index in [2.05, 4.69) is 15.3 Å². The molecule has 3 rings (SSSR count). The molecule has 2 aromatic rings. The number of aryl methyl sites for hydroxylation is 2. The van der Waals surface area contributed by atoms with Crippen molar-refractivity contribution in [2.45, 2.75) is 32.9 Å². The zero-order chi connectivity index (χ0) is 16.4. The Bertz CT molecular complexity index is 714. The number of nitrogen functional groups attached to an aromatic ring is 1. The van der Waals surface area contributed by atoms with E-state index in [-0.39, 0.29) is 12.1 Å². The highest BCUT2D eigenvalue weighted by Gasteiger charge is 2.32. The Morgan fingerprint density at radius 3 is 3.04 bits per heavy atom. The fourth-order valence-electron chi connectivity index (χ4n) is 2.69. The predicted molar refractivity (Wildman–Crippen MR) is 87.6 cm³/mol. The van der Waals surface area contributed by atoms with Gasteiger partial charge in [0.05, 0.1) is 0 Å². The topological polar surface area (TPSA) is 93.4 Å². The molecule has 3 N–H and O–H groups in total. The summed E-state index contributed by atoms with van der Waals surface area (Å²) in [5, 5.41) is 4.84. The van der Waals surface area contributed by atoms with E-state index in [0.717, 1.165) is 16.9 Å². The fourth-order valence-corrected chi connectivity index (χ4v) is 2.69. The number of hydroxylamine groups is 1. The summed E-state index contributed by atoms with van der Waals surface area (Å²) in [4.78, 5) is 25.3. The van der Waals surface area contributed by atoms with Crippen LogP contribution in [0.1, 0.15) is 24.6 Å². The van der Waals surface area contributed by atoms with Gasteiger partial charge in [0, 0.05) is 18.8 Å². The van der Waals surface area contributed by atoms with Crippen molar-refractivity contribution >= 4 is 23.3 Å². The Hall–Kier alpha value is -2.83. The van der Waals surface area contributed by atoms with Gasteiger partial charge in [-0.05, 0) is 49.6 Å². The summed E-state index contributed by atoms with van der Waals surface area (Å²) in [6, 6.07) is 7.51. The maximum atomic E-state index is 11.4. The third kappa shape index (κ3) is 3.33. The first-order valence-electron chi connectivity index (χ1n) is 7.45. The second kappa shape index (κ2) is 6.12. The van der Waals surface area contributed by atoms with Crippen LogP contribution in [0.5, 0.6) is 0 Å². The van der Waals surface area contributed by atoms with Crippen molar-refractivity contribution in [3.8, 4) is 0 Å². The van der Waals surface area contributed by atoms with Crippen LogP contribution in [0.3, 0.4) is 0 Å². The van der Waals surface area contributed by atoms with E-state index in [1.54, 1.807) is 11.3 Å². The smallest absolute Gasteiger partial charge is 0.329 e. The van der Waals surface area contributed by atoms with Gasteiger partial charge in [-0.1, -0.05) is 0 Å². The fraction of sp³-hybridized carbons (Fsp3) is 0.312. The van der Waals surface area contributed by atoms with Crippen LogP contribution >= 0.6 is 0 Å². The second-order valence-corrected chi connectivity index (χ2v) is 5.54. The van der Waals surface area contributed by atoms with Gasteiger partial charge < -0.3 is 15.9 Å². The lowest BCUT2D eigenvalue weighted by Gasteiger charge is -2.24. The Labute approximate surface area is 134 Å². The Morgan fingerprint density at radius 1 is 1.48 bits per heavy atom. The standard InChI is InChI=1S/C16H19N5O2/c1-10-8-12(19-14(17)9-10)5-6-15-20-16-13(4-3-7-18-16)21(15)23-11(2)22/h3-4,7-9,15H,5-6H2,1-2H3,(H2,17,19)(H,18,20). The monoisotopic (exact) mass is 313 g/mol. The van der Waals surface area contributed by atoms with Crippen LogP contribution < -0.4 is 16.1 Å². The van der Waals surface area contributed by atoms with Gasteiger partial charge in [-0.25, -0.2) is 9.97 Å². The molecule has 1 aliphatic heterocycles. The molecule has 0 saturated carbocycles. The highest BCUT2D eigenvalue weighted by atomic mass is 16.7. The predicted octanol–water partition coefficient (Wildman–Crippen LogP) is 2.04. The Morgan fingerprint density at radius 2 is 2.30 bits per heavy atom. The number of nitrogens with two attached hydrogens (primary N) is 1. The molecule has 0 fully saturated rings. The van der Waals surface area contributed by atoms with Crippen molar-refractivity contribution in [1.29, 1.82) is 0 Å². The van der Waals surface area contributed by atoms with Gasteiger partial charge in [-0.3, -0.25) is 4.79 Å². The summed E-state index contributed by atoms with van der Waals surface area (Å²) in [6.07, 6.45) is 2.91. The number of pyridine rings is 2. The van der Waals surface area contributed by atoms with E-state index in [0.29, 0.717) is 24.5 Å². The number of fused-ring (bicyclic) bond motifs is 1. The first kappa shape index (κ1) is 15.1. The molecule has 2 aromatic heterocycles. The Balaban J connectivity index is 1.75. The normalized spacial score (nSPS) is 15.9. The molecule has 0 saturated heterocycles. The average Bonchev–Trinajstić information content (AvgIpc) is 2.82. The SMILES string of the molecule is CC(=O)ON1c2cccnc2NC1CCc1cc(C)cc(N)n1. The summed E-state index contributed by atoms with van der Waals surface area (Å²) >= 11 is 0. The molecule has 23 heavy (non-hydrogen) atoms. The van der Waals surface area contributed by atoms with Gasteiger partial charge >= 0.3 is 5.97 Å². The lowest BCUT2D eigenvalue weighted by molar-refractivity contribution is -0.143. The molecule has 1 atom stereocenters. The summed E-state index contributed by atoms with van der Waals surface area (Å²) in [7, 11) is 0. The lowest BCUT2D eigenvalue weighted by Crippen LogP contribution is -2.37. The highest BCUT2D eigenvalue weighted by molar-refractivity contribution is 5.74. The van der Waals surface area contributed by atoms with Gasteiger partial charge in [0.25, 0.3) is 0 Å². The van der Waals surface area contributed by atoms with Crippen LogP contribution in [0, 0.1) is 6.92 Å². The number of hydrogen-bond donors (Lipinski definition) is 2. The van der Waals surface area contributed by atoms with E-state index in [1.807, 2.05) is 31.2 Å². The number of nitrogens with zero attached hydrogens (tertiary/aromatic N) is 3. The van der Waals surface area contributed by atoms with Crippen molar-refractivity contribution in [3.63, 3.8) is 0 Å². The first-order valence-corrected chi connectivity index (χ1v) is 7.45. The van der Waals surface area contributed by atoms with Gasteiger partial charge in [0.15, 0.2) is 5.82 Å². The molecule has 0 bridgehead atoms. The number of rotatable bonds is 4. The average molecular weight is 313 g/mol. The highest BCUT2D eigenvalue weighted by Crippen LogP contribution is 2.34. The van der Waals surface area contributed by atoms with Crippen molar-refractivity contribution < 1.29 is 9.63 Å². The molecule has 120 valence electrons. The molecule has 7 nitrogen and oxygen atoms in total. The van der Waals surface area contributed by atoms with Gasteiger partial charge in [-0.2, -0.15) is 5.06 Å². The quantitative estimate of drug-likeness (QED) is 0.892. The van der Waals surface area contributed by atoms with Crippen LogP contribution in [-0.2, 0) is 16.1 Å². The minimum atomic E-state index is -0.369. The summed E-state index contributed by atoms with van der Waals surface area (Å²) in [5.41, 5.74) is 8.53. The van der Waals surface area contributed by atoms with Crippen LogP contribution in [-0.4, -0.2) is 22.1 Å². The number of carbonyl (C=O) groups excluding carboxylic acids is 1. The van der Waals surface area contributed by atoms with Crippen LogP contribution in [0.15, 0.2) is 30.5 Å². The number of hydrogen-bond acceptors (Lipinski definition) is 7. The first-order chi connectivity index (χ1) is 11.0. The molecule has 0 radical (unpaired) electrons. The molecule has 7 heteroatoms. The molecule has 1 unspecified atom stereocenters. The van der Waals surface area contributed by atoms with E-state index in [1.165, 1.54) is 6.92 Å². The van der Waals surface area contributed by atoms with Crippen LogP contribution in [0.2, 0.25) is 0 Å². The van der Waals surface area contributed by atoms with E-state index in [9.17, 15) is 4.79 Å². The molecular weight excluding hydrogens is 294 g/mol. The number of anilines is 3. The largest absolute Gasteiger partial charge is 0.384 e. The van der Waals surface area contributed by atoms with Crippen LogP contribution in [0.25, 0.3) is 0 Å². The summed E-state index contributed by atoms with van der Waals surface area (Å²) in [5.74, 6) is 0.850. The van der Waals surface area contributed by atoms with Crippen LogP contribution in [0.4, 0.5) is 17.3 Å². The van der Waals surface area contributed by atoms with Gasteiger partial charge in [0.1, 0.15) is 17.7 Å². The van der Waals surface area contributed by atoms with E-state index in [4.69, 9.17) is 10.6 Å². The van der Waals surface area contributed by atoms with Gasteiger partial charge in [-0.15, -0.1) is 0 Å². The Kier molecular flexibility index (Phi) is 4.01. The van der Waals surface area contributed by atoms with Crippen molar-refractivity contribution in [1.82, 2.24) is 9.97 Å². The van der Waals surface area contributed by atoms with Crippen molar-refractivity contribution in [3.05, 3.63) is 41.7 Å². The van der Waals surface area contributed by atoms with E-state index >= 15 is 0 Å². The van der Waals surface area contributed by atoms with Gasteiger partial charge in [0.2, 0.25) is 0 Å².